The third kappa shape index (κ3) is 2.71. The van der Waals surface area contributed by atoms with Gasteiger partial charge in [-0.2, -0.15) is 0 Å². The standard InChI is InChI=1S/C17H20N4O3/c1-21-8-7-18-17(21)15-12(5-6-14(22)20-15)19-9-11-3-2-4-13-16(11)24-10-23-13/h2-4,7-8,12,15,19H,5-6,9-10H2,1H3,(H,20,22)/t12-,15-/m1/s1. The van der Waals surface area contributed by atoms with E-state index >= 15 is 0 Å². The molecule has 4 rings (SSSR count). The van der Waals surface area contributed by atoms with Gasteiger partial charge < -0.3 is 24.7 Å². The minimum Gasteiger partial charge on any atom is -0.454 e. The van der Waals surface area contributed by atoms with E-state index in [1.165, 1.54) is 0 Å². The Hall–Kier alpha value is -2.54. The predicted octanol–water partition coefficient (Wildman–Crippen LogP) is 1.26. The summed E-state index contributed by atoms with van der Waals surface area (Å²) in [7, 11) is 1.94. The van der Waals surface area contributed by atoms with Gasteiger partial charge in [-0.1, -0.05) is 12.1 Å². The SMILES string of the molecule is Cn1ccnc1[C@@H]1NC(=O)CC[C@H]1NCc1cccc2c1OCO2. The molecule has 1 saturated heterocycles. The molecular formula is C17H20N4O3. The van der Waals surface area contributed by atoms with Crippen LogP contribution in [0, 0.1) is 0 Å². The Morgan fingerprint density at radius 1 is 1.42 bits per heavy atom. The fraction of sp³-hybridized carbons (Fsp3) is 0.412. The van der Waals surface area contributed by atoms with Gasteiger partial charge in [-0.25, -0.2) is 4.98 Å². The molecule has 3 heterocycles. The average Bonchev–Trinajstić information content (AvgIpc) is 3.22. The van der Waals surface area contributed by atoms with Gasteiger partial charge in [0.05, 0.1) is 0 Å². The molecule has 0 saturated carbocycles. The molecule has 1 aromatic carbocycles. The van der Waals surface area contributed by atoms with Gasteiger partial charge in [0, 0.05) is 44.0 Å². The van der Waals surface area contributed by atoms with Crippen LogP contribution in [0.5, 0.6) is 11.5 Å². The van der Waals surface area contributed by atoms with Crippen LogP contribution in [-0.2, 0) is 18.4 Å². The van der Waals surface area contributed by atoms with Crippen LogP contribution in [0.3, 0.4) is 0 Å². The average molecular weight is 328 g/mol. The van der Waals surface area contributed by atoms with Crippen LogP contribution in [-0.4, -0.2) is 28.3 Å². The number of para-hydroxylation sites is 1. The smallest absolute Gasteiger partial charge is 0.231 e. The number of amides is 1. The number of hydrogen-bond acceptors (Lipinski definition) is 5. The van der Waals surface area contributed by atoms with Crippen molar-refractivity contribution < 1.29 is 14.3 Å². The van der Waals surface area contributed by atoms with Crippen molar-refractivity contribution in [2.24, 2.45) is 7.05 Å². The number of fused-ring (bicyclic) bond motifs is 1. The molecule has 2 aliphatic rings. The quantitative estimate of drug-likeness (QED) is 0.883. The molecule has 7 heteroatoms. The molecule has 0 unspecified atom stereocenters. The number of rotatable bonds is 4. The largest absolute Gasteiger partial charge is 0.454 e. The molecule has 0 spiro atoms. The molecule has 0 aliphatic carbocycles. The van der Waals surface area contributed by atoms with Crippen molar-refractivity contribution in [2.75, 3.05) is 6.79 Å². The van der Waals surface area contributed by atoms with Crippen molar-refractivity contribution in [3.05, 3.63) is 42.0 Å². The Labute approximate surface area is 140 Å². The van der Waals surface area contributed by atoms with Gasteiger partial charge in [-0.15, -0.1) is 0 Å². The Bertz CT molecular complexity index is 758. The summed E-state index contributed by atoms with van der Waals surface area (Å²) in [6.07, 6.45) is 4.94. The summed E-state index contributed by atoms with van der Waals surface area (Å²) < 4.78 is 12.9. The van der Waals surface area contributed by atoms with E-state index in [-0.39, 0.29) is 24.8 Å². The number of benzene rings is 1. The van der Waals surface area contributed by atoms with Crippen molar-refractivity contribution in [3.8, 4) is 11.5 Å². The highest BCUT2D eigenvalue weighted by molar-refractivity contribution is 5.77. The van der Waals surface area contributed by atoms with Gasteiger partial charge in [0.25, 0.3) is 0 Å². The minimum atomic E-state index is -0.139. The topological polar surface area (TPSA) is 77.4 Å². The van der Waals surface area contributed by atoms with E-state index in [0.717, 1.165) is 29.3 Å². The van der Waals surface area contributed by atoms with Gasteiger partial charge in [0.1, 0.15) is 11.9 Å². The molecule has 0 radical (unpaired) electrons. The van der Waals surface area contributed by atoms with Crippen LogP contribution in [0.4, 0.5) is 0 Å². The molecule has 1 aromatic heterocycles. The van der Waals surface area contributed by atoms with E-state index < -0.39 is 0 Å². The highest BCUT2D eigenvalue weighted by atomic mass is 16.7. The first-order chi connectivity index (χ1) is 11.7. The number of nitrogens with one attached hydrogen (secondary N) is 2. The summed E-state index contributed by atoms with van der Waals surface area (Å²) in [6.45, 7) is 0.912. The van der Waals surface area contributed by atoms with Crippen molar-refractivity contribution in [2.45, 2.75) is 31.5 Å². The molecule has 7 nitrogen and oxygen atoms in total. The van der Waals surface area contributed by atoms with Gasteiger partial charge in [-0.3, -0.25) is 4.79 Å². The van der Waals surface area contributed by atoms with Gasteiger partial charge in [0.15, 0.2) is 11.5 Å². The highest BCUT2D eigenvalue weighted by Crippen LogP contribution is 2.35. The number of imidazole rings is 1. The Kier molecular flexibility index (Phi) is 3.86. The zero-order chi connectivity index (χ0) is 16.5. The fourth-order valence-corrected chi connectivity index (χ4v) is 3.31. The molecule has 24 heavy (non-hydrogen) atoms. The van der Waals surface area contributed by atoms with Gasteiger partial charge in [0.2, 0.25) is 12.7 Å². The van der Waals surface area contributed by atoms with Gasteiger partial charge in [-0.05, 0) is 12.5 Å². The second-order valence-electron chi connectivity index (χ2n) is 6.12. The van der Waals surface area contributed by atoms with Crippen LogP contribution in [0.15, 0.2) is 30.6 Å². The first-order valence-corrected chi connectivity index (χ1v) is 8.10. The van der Waals surface area contributed by atoms with E-state index in [9.17, 15) is 4.79 Å². The summed E-state index contributed by atoms with van der Waals surface area (Å²) in [5.41, 5.74) is 1.06. The maximum Gasteiger partial charge on any atom is 0.231 e. The Morgan fingerprint density at radius 3 is 3.17 bits per heavy atom. The lowest BCUT2D eigenvalue weighted by Crippen LogP contribution is -2.49. The number of aryl methyl sites for hydroxylation is 1. The molecule has 2 aliphatic heterocycles. The fourth-order valence-electron chi connectivity index (χ4n) is 3.31. The number of carbonyl (C=O) groups is 1. The lowest BCUT2D eigenvalue weighted by Gasteiger charge is -2.32. The van der Waals surface area contributed by atoms with Crippen molar-refractivity contribution in [1.82, 2.24) is 20.2 Å². The minimum absolute atomic E-state index is 0.0680. The number of hydrogen-bond donors (Lipinski definition) is 2. The zero-order valence-corrected chi connectivity index (χ0v) is 13.5. The van der Waals surface area contributed by atoms with E-state index in [0.29, 0.717) is 13.0 Å². The first kappa shape index (κ1) is 15.0. The van der Waals surface area contributed by atoms with Crippen LogP contribution in [0.2, 0.25) is 0 Å². The van der Waals surface area contributed by atoms with Crippen LogP contribution in [0.25, 0.3) is 0 Å². The lowest BCUT2D eigenvalue weighted by molar-refractivity contribution is -0.124. The predicted molar refractivity (Wildman–Crippen MR) is 86.5 cm³/mol. The number of ether oxygens (including phenoxy) is 2. The summed E-state index contributed by atoms with van der Waals surface area (Å²) >= 11 is 0. The monoisotopic (exact) mass is 328 g/mol. The van der Waals surface area contributed by atoms with Crippen molar-refractivity contribution in [3.63, 3.8) is 0 Å². The maximum atomic E-state index is 11.8. The van der Waals surface area contributed by atoms with E-state index in [1.807, 2.05) is 36.0 Å². The molecule has 126 valence electrons. The molecule has 0 bridgehead atoms. The van der Waals surface area contributed by atoms with E-state index in [4.69, 9.17) is 9.47 Å². The van der Waals surface area contributed by atoms with Crippen molar-refractivity contribution in [1.29, 1.82) is 0 Å². The Balaban J connectivity index is 1.51. The summed E-state index contributed by atoms with van der Waals surface area (Å²) in [6, 6.07) is 5.87. The molecule has 2 atom stereocenters. The second-order valence-corrected chi connectivity index (χ2v) is 6.12. The number of aromatic nitrogens is 2. The van der Waals surface area contributed by atoms with Gasteiger partial charge >= 0.3 is 0 Å². The third-order valence-electron chi connectivity index (χ3n) is 4.57. The second kappa shape index (κ2) is 6.16. The lowest BCUT2D eigenvalue weighted by atomic mass is 9.96. The zero-order valence-electron chi connectivity index (χ0n) is 13.5. The summed E-state index contributed by atoms with van der Waals surface area (Å²) in [5.74, 6) is 2.52. The number of piperidine rings is 1. The van der Waals surface area contributed by atoms with Crippen LogP contribution in [0.1, 0.15) is 30.3 Å². The maximum absolute atomic E-state index is 11.8. The number of carbonyl (C=O) groups excluding carboxylic acids is 1. The summed E-state index contributed by atoms with van der Waals surface area (Å²) in [4.78, 5) is 16.2. The molecule has 1 amide bonds. The van der Waals surface area contributed by atoms with Crippen LogP contribution >= 0.6 is 0 Å². The molecule has 2 aromatic rings. The van der Waals surface area contributed by atoms with E-state index in [2.05, 4.69) is 15.6 Å². The first-order valence-electron chi connectivity index (χ1n) is 8.10. The summed E-state index contributed by atoms with van der Waals surface area (Å²) in [5, 5.41) is 6.61. The van der Waals surface area contributed by atoms with E-state index in [1.54, 1.807) is 6.20 Å². The van der Waals surface area contributed by atoms with Crippen LogP contribution < -0.4 is 20.1 Å². The van der Waals surface area contributed by atoms with Crippen molar-refractivity contribution >= 4 is 5.91 Å². The number of nitrogens with zero attached hydrogens (tertiary/aromatic N) is 2. The normalized spacial score (nSPS) is 22.5. The molecular weight excluding hydrogens is 308 g/mol. The Morgan fingerprint density at radius 2 is 2.33 bits per heavy atom. The highest BCUT2D eigenvalue weighted by Gasteiger charge is 2.32. The third-order valence-corrected chi connectivity index (χ3v) is 4.57. The molecule has 1 fully saturated rings. The molecule has 2 N–H and O–H groups in total.